The first-order chi connectivity index (χ1) is 4.31. The molecule has 0 aromatic heterocycles. The van der Waals surface area contributed by atoms with Crippen molar-refractivity contribution in [2.75, 3.05) is 0 Å². The zero-order valence-corrected chi connectivity index (χ0v) is 6.36. The molecule has 0 aliphatic heterocycles. The fourth-order valence-corrected chi connectivity index (χ4v) is 0.363. The van der Waals surface area contributed by atoms with Crippen LogP contribution in [0.25, 0.3) is 0 Å². The van der Waals surface area contributed by atoms with Gasteiger partial charge < -0.3 is 4.52 Å². The molecule has 0 fully saturated rings. The molecule has 0 aliphatic rings. The van der Waals surface area contributed by atoms with E-state index < -0.39 is 0 Å². The predicted molar refractivity (Wildman–Crippen MR) is 39.8 cm³/mol. The van der Waals surface area contributed by atoms with Gasteiger partial charge in [-0.2, -0.15) is 0 Å². The van der Waals surface area contributed by atoms with Crippen LogP contribution in [0.15, 0.2) is 24.3 Å². The average molecular weight is 144 g/mol. The zero-order valence-electron chi connectivity index (χ0n) is 5.20. The summed E-state index contributed by atoms with van der Waals surface area (Å²) in [6, 6.07) is 0. The molecule has 0 aliphatic carbocycles. The van der Waals surface area contributed by atoms with E-state index >= 15 is 0 Å². The van der Waals surface area contributed by atoms with Crippen molar-refractivity contribution in [1.29, 1.82) is 0 Å². The van der Waals surface area contributed by atoms with Crippen molar-refractivity contribution >= 4 is 15.4 Å². The highest BCUT2D eigenvalue weighted by atomic mass is 31.0. The second kappa shape index (κ2) is 5.52. The lowest BCUT2D eigenvalue weighted by molar-refractivity contribution is -0.127. The maximum Gasteiger partial charge on any atom is 0.332 e. The Hall–Kier alpha value is -0.620. The van der Waals surface area contributed by atoms with E-state index in [1.165, 1.54) is 6.08 Å². The van der Waals surface area contributed by atoms with Crippen molar-refractivity contribution in [3.05, 3.63) is 24.3 Å². The molecule has 0 spiro atoms. The molecule has 0 saturated heterocycles. The van der Waals surface area contributed by atoms with E-state index in [0.717, 1.165) is 0 Å². The Kier molecular flexibility index (Phi) is 5.14. The van der Waals surface area contributed by atoms with Gasteiger partial charge in [-0.1, -0.05) is 18.2 Å². The standard InChI is InChI=1S/C6H9O2P/c1-2-3-4-5-6(7)8-9/h2-5H,9H2,1H3/b3-2+,5-4+. The van der Waals surface area contributed by atoms with Crippen LogP contribution >= 0.6 is 9.47 Å². The number of hydrogen-bond donors (Lipinski definition) is 0. The summed E-state index contributed by atoms with van der Waals surface area (Å²) in [6.45, 7) is 1.87. The predicted octanol–water partition coefficient (Wildman–Crippen LogP) is 1.45. The molecule has 0 N–H and O–H groups in total. The Morgan fingerprint density at radius 1 is 1.56 bits per heavy atom. The highest BCUT2D eigenvalue weighted by Gasteiger charge is 1.85. The third kappa shape index (κ3) is 5.25. The first-order valence-electron chi connectivity index (χ1n) is 2.51. The maximum absolute atomic E-state index is 10.3. The van der Waals surface area contributed by atoms with Crippen LogP contribution < -0.4 is 0 Å². The molecule has 0 rings (SSSR count). The topological polar surface area (TPSA) is 26.3 Å². The number of allylic oxidation sites excluding steroid dienone is 3. The van der Waals surface area contributed by atoms with E-state index in [2.05, 4.69) is 4.52 Å². The average Bonchev–Trinajstić information content (AvgIpc) is 1.89. The first-order valence-corrected chi connectivity index (χ1v) is 2.98. The summed E-state index contributed by atoms with van der Waals surface area (Å²) in [4.78, 5) is 10.3. The molecule has 0 bridgehead atoms. The van der Waals surface area contributed by atoms with Crippen molar-refractivity contribution < 1.29 is 9.32 Å². The molecule has 50 valence electrons. The van der Waals surface area contributed by atoms with Gasteiger partial charge in [0.05, 0.1) is 9.47 Å². The molecular weight excluding hydrogens is 135 g/mol. The van der Waals surface area contributed by atoms with Crippen LogP contribution in [0.1, 0.15) is 6.92 Å². The van der Waals surface area contributed by atoms with Crippen LogP contribution in [0.2, 0.25) is 0 Å². The number of rotatable bonds is 2. The second-order valence-electron chi connectivity index (χ2n) is 1.32. The van der Waals surface area contributed by atoms with Gasteiger partial charge in [-0.15, -0.1) is 0 Å². The second-order valence-corrected chi connectivity index (χ2v) is 1.56. The van der Waals surface area contributed by atoms with E-state index in [-0.39, 0.29) is 5.97 Å². The van der Waals surface area contributed by atoms with Crippen LogP contribution in [0.4, 0.5) is 0 Å². The summed E-state index contributed by atoms with van der Waals surface area (Å²) in [6.07, 6.45) is 6.54. The van der Waals surface area contributed by atoms with Crippen molar-refractivity contribution in [3.63, 3.8) is 0 Å². The van der Waals surface area contributed by atoms with Crippen LogP contribution in [0, 0.1) is 0 Å². The van der Waals surface area contributed by atoms with Gasteiger partial charge in [0.1, 0.15) is 0 Å². The van der Waals surface area contributed by atoms with E-state index in [4.69, 9.17) is 0 Å². The largest absolute Gasteiger partial charge is 0.448 e. The molecule has 0 aromatic rings. The Balaban J connectivity index is 3.57. The van der Waals surface area contributed by atoms with Crippen molar-refractivity contribution in [3.8, 4) is 0 Å². The molecule has 0 amide bonds. The molecule has 0 radical (unpaired) electrons. The van der Waals surface area contributed by atoms with Gasteiger partial charge in [-0.25, -0.2) is 4.79 Å². The Labute approximate surface area is 56.9 Å². The maximum atomic E-state index is 10.3. The van der Waals surface area contributed by atoms with Gasteiger partial charge in [0.25, 0.3) is 0 Å². The summed E-state index contributed by atoms with van der Waals surface area (Å²) in [5.41, 5.74) is 0. The number of carbonyl (C=O) groups excluding carboxylic acids is 1. The van der Waals surface area contributed by atoms with Crippen molar-refractivity contribution in [1.82, 2.24) is 0 Å². The highest BCUT2D eigenvalue weighted by Crippen LogP contribution is 1.88. The van der Waals surface area contributed by atoms with Crippen molar-refractivity contribution in [2.24, 2.45) is 0 Å². The van der Waals surface area contributed by atoms with Crippen LogP contribution in [-0.2, 0) is 9.32 Å². The van der Waals surface area contributed by atoms with E-state index in [9.17, 15) is 4.79 Å². The lowest BCUT2D eigenvalue weighted by Crippen LogP contribution is -1.87. The van der Waals surface area contributed by atoms with Crippen LogP contribution in [0.3, 0.4) is 0 Å². The quantitative estimate of drug-likeness (QED) is 0.333. The summed E-state index contributed by atoms with van der Waals surface area (Å²) in [5.74, 6) is -0.363. The minimum atomic E-state index is -0.363. The number of hydrogen-bond acceptors (Lipinski definition) is 2. The molecule has 2 nitrogen and oxygen atoms in total. The lowest BCUT2D eigenvalue weighted by Gasteiger charge is -1.84. The summed E-state index contributed by atoms with van der Waals surface area (Å²) in [7, 11) is 1.88. The SMILES string of the molecule is C/C=C/C=C/C(=O)OP. The monoisotopic (exact) mass is 144 g/mol. The van der Waals surface area contributed by atoms with E-state index in [1.54, 1.807) is 12.2 Å². The zero-order chi connectivity index (χ0) is 7.11. The fourth-order valence-electron chi connectivity index (χ4n) is 0.285. The van der Waals surface area contributed by atoms with Crippen molar-refractivity contribution in [2.45, 2.75) is 6.92 Å². The van der Waals surface area contributed by atoms with Gasteiger partial charge in [0.15, 0.2) is 0 Å². The third-order valence-corrected chi connectivity index (χ3v) is 0.884. The molecule has 3 heteroatoms. The van der Waals surface area contributed by atoms with Crippen LogP contribution in [-0.4, -0.2) is 5.97 Å². The molecule has 0 heterocycles. The van der Waals surface area contributed by atoms with Gasteiger partial charge >= 0.3 is 5.97 Å². The van der Waals surface area contributed by atoms with Gasteiger partial charge in [0, 0.05) is 6.08 Å². The lowest BCUT2D eigenvalue weighted by atomic mass is 10.4. The minimum absolute atomic E-state index is 0.363. The smallest absolute Gasteiger partial charge is 0.332 e. The summed E-state index contributed by atoms with van der Waals surface area (Å²) >= 11 is 0. The normalized spacial score (nSPS) is 10.9. The van der Waals surface area contributed by atoms with Gasteiger partial charge in [0.2, 0.25) is 0 Å². The Morgan fingerprint density at radius 2 is 2.22 bits per heavy atom. The Morgan fingerprint density at radius 3 is 2.67 bits per heavy atom. The molecule has 1 atom stereocenters. The summed E-state index contributed by atoms with van der Waals surface area (Å²) in [5, 5.41) is 0. The molecular formula is C6H9O2P. The fraction of sp³-hybridized carbons (Fsp3) is 0.167. The molecule has 0 aromatic carbocycles. The van der Waals surface area contributed by atoms with Crippen LogP contribution in [0.5, 0.6) is 0 Å². The molecule has 9 heavy (non-hydrogen) atoms. The first kappa shape index (κ1) is 8.38. The Bertz CT molecular complexity index is 138. The van der Waals surface area contributed by atoms with Gasteiger partial charge in [-0.3, -0.25) is 0 Å². The third-order valence-electron chi connectivity index (χ3n) is 0.652. The number of carbonyl (C=O) groups is 1. The summed E-state index contributed by atoms with van der Waals surface area (Å²) < 4.78 is 4.25. The van der Waals surface area contributed by atoms with Gasteiger partial charge in [-0.05, 0) is 6.92 Å². The molecule has 0 saturated carbocycles. The molecule has 1 unspecified atom stereocenters. The minimum Gasteiger partial charge on any atom is -0.448 e. The van der Waals surface area contributed by atoms with E-state index in [1.807, 2.05) is 22.5 Å². The highest BCUT2D eigenvalue weighted by molar-refractivity contribution is 7.10. The van der Waals surface area contributed by atoms with E-state index in [0.29, 0.717) is 0 Å².